The van der Waals surface area contributed by atoms with Crippen LogP contribution >= 0.6 is 0 Å². The second kappa shape index (κ2) is 35.7. The van der Waals surface area contributed by atoms with Crippen LogP contribution in [-0.4, -0.2) is 143 Å². The van der Waals surface area contributed by atoms with E-state index in [1.54, 1.807) is 0 Å². The van der Waals surface area contributed by atoms with E-state index in [9.17, 15) is 0 Å². The highest BCUT2D eigenvalue weighted by Gasteiger charge is 2.21. The Labute approximate surface area is 590 Å². The van der Waals surface area contributed by atoms with Crippen molar-refractivity contribution in [2.75, 3.05) is 109 Å². The lowest BCUT2D eigenvalue weighted by molar-refractivity contribution is -0.870. The molecule has 0 fully saturated rings. The molecule has 90 heavy (non-hydrogen) atoms. The maximum absolute atomic E-state index is 6.38. The third kappa shape index (κ3) is 22.2. The topological polar surface area (TPSA) is 94.3 Å². The number of ether oxygens (including phenoxy) is 4. The van der Waals surface area contributed by atoms with Gasteiger partial charge in [0, 0.05) is 44.3 Å². The molecule has 14 heteroatoms. The second-order valence-corrected chi connectivity index (χ2v) is 27.0. The van der Waals surface area contributed by atoms with E-state index in [2.05, 4.69) is 226 Å². The molecule has 9 rings (SSSR count). The van der Waals surface area contributed by atoms with Gasteiger partial charge in [0.1, 0.15) is 23.0 Å². The van der Waals surface area contributed by atoms with E-state index < -0.39 is 0 Å². The number of aromatic nitrogens is 4. The van der Waals surface area contributed by atoms with Crippen LogP contribution in [0.15, 0.2) is 121 Å². The van der Waals surface area contributed by atoms with E-state index >= 15 is 0 Å². The number of H-pyrrole nitrogens is 2. The van der Waals surface area contributed by atoms with Crippen molar-refractivity contribution >= 4 is 46.4 Å². The molecule has 0 saturated carbocycles. The minimum absolute atomic E-state index is 0. The maximum Gasteiger partial charge on any atom is 0.119 e. The number of hydrogen-bond donors (Lipinski definition) is 2. The van der Waals surface area contributed by atoms with Gasteiger partial charge < -0.3 is 114 Å². The molecule has 8 bridgehead atoms. The number of nitrogens with zero attached hydrogens (tertiary/aromatic N) is 5. The largest absolute Gasteiger partial charge is 1.00 e. The smallest absolute Gasteiger partial charge is 0.119 e. The molecule has 2 aliphatic rings. The highest BCUT2D eigenvalue weighted by Crippen LogP contribution is 2.40. The fraction of sp³-hybridized carbons (Fsp3) is 0.421. The molecule has 7 aromatic rings. The van der Waals surface area contributed by atoms with Crippen molar-refractivity contribution in [3.63, 3.8) is 0 Å². The van der Waals surface area contributed by atoms with Crippen LogP contribution in [0.1, 0.15) is 126 Å². The molecule has 2 N–H and O–H groups in total. The lowest BCUT2D eigenvalue weighted by atomic mass is 10.0. The van der Waals surface area contributed by atoms with Gasteiger partial charge in [-0.3, -0.25) is 0 Å². The van der Waals surface area contributed by atoms with E-state index in [0.29, 0.717) is 26.4 Å². The monoisotopic (exact) mass is 1560 g/mol. The van der Waals surface area contributed by atoms with E-state index in [1.807, 2.05) is 0 Å². The number of quaternary nitrogens is 3. The third-order valence-corrected chi connectivity index (χ3v) is 16.3. The standard InChI is InChI=1S/C76H100N7O4.3HI/c1-11-12-13-14-15-16-17-18-22-53-84-61-34-26-57(27-35-61)73-65-42-44-67(77-65)74(58-28-36-62(37-29-58)85-54-23-19-50-81(2,3)4)69-46-48-71(79-69)76(60-32-40-64(41-33-60)87-56-25-21-52-83(8,9)10)72-49-47-70(80-72)75(68-45-43-66(73)78-68)59-30-38-63(39-31-59)86-55-24-20-51-82(5,6)7;;;/h26-49,77-78H,11-25,50-56H2,1-10H3;3*1H/q+3;;;/p-3. The average molecular weight is 1560 g/mol. The molecule has 0 amide bonds. The van der Waals surface area contributed by atoms with Crippen molar-refractivity contribution in [3.8, 4) is 67.5 Å². The first-order chi connectivity index (χ1) is 42.0. The number of unbranched alkanes of at least 4 members (excludes halogenated alkanes) is 11. The Balaban J connectivity index is 0.00000430. The van der Waals surface area contributed by atoms with Crippen LogP contribution in [0, 0.1) is 0 Å². The lowest BCUT2D eigenvalue weighted by Crippen LogP contribution is -3.00. The Hall–Kier alpha value is -5.25. The number of rotatable bonds is 33. The predicted octanol–water partition coefficient (Wildman–Crippen LogP) is 8.84. The number of aromatic amines is 2. The molecule has 3 aromatic heterocycles. The molecule has 0 unspecified atom stereocenters. The van der Waals surface area contributed by atoms with Crippen molar-refractivity contribution in [3.05, 3.63) is 144 Å². The zero-order valence-corrected chi connectivity index (χ0v) is 61.9. The number of nitrogens with one attached hydrogen (secondary N) is 2. The maximum atomic E-state index is 6.38. The first-order valence-electron chi connectivity index (χ1n) is 32.5. The van der Waals surface area contributed by atoms with Crippen molar-refractivity contribution in [2.45, 2.75) is 103 Å². The van der Waals surface area contributed by atoms with Gasteiger partial charge in [0.05, 0.1) is 132 Å². The second-order valence-electron chi connectivity index (χ2n) is 27.0. The molecule has 0 atom stereocenters. The van der Waals surface area contributed by atoms with Crippen LogP contribution in [0.5, 0.6) is 23.0 Å². The van der Waals surface area contributed by atoms with Crippen LogP contribution in [-0.2, 0) is 0 Å². The molecule has 2 aliphatic heterocycles. The Morgan fingerprint density at radius 2 is 0.533 bits per heavy atom. The molecular formula is C76H100I3N7O4. The Morgan fingerprint density at radius 3 is 0.833 bits per heavy atom. The Bertz CT molecular complexity index is 3390. The quantitative estimate of drug-likeness (QED) is 0.0243. The summed E-state index contributed by atoms with van der Waals surface area (Å²) in [6.45, 7) is 8.34. The molecule has 0 aliphatic carbocycles. The molecule has 0 spiro atoms. The fourth-order valence-corrected chi connectivity index (χ4v) is 11.5. The van der Waals surface area contributed by atoms with E-state index in [4.69, 9.17) is 28.9 Å². The van der Waals surface area contributed by atoms with E-state index in [1.165, 1.54) is 51.4 Å². The number of halogens is 3. The van der Waals surface area contributed by atoms with E-state index in [0.717, 1.165) is 190 Å². The van der Waals surface area contributed by atoms with Crippen molar-refractivity contribution < 1.29 is 104 Å². The van der Waals surface area contributed by atoms with Crippen LogP contribution in [0.2, 0.25) is 0 Å². The van der Waals surface area contributed by atoms with Gasteiger partial charge in [-0.15, -0.1) is 0 Å². The minimum atomic E-state index is 0. The van der Waals surface area contributed by atoms with Crippen molar-refractivity contribution in [1.82, 2.24) is 19.9 Å². The summed E-state index contributed by atoms with van der Waals surface area (Å²) >= 11 is 0. The van der Waals surface area contributed by atoms with Crippen molar-refractivity contribution in [1.29, 1.82) is 0 Å². The van der Waals surface area contributed by atoms with Crippen LogP contribution < -0.4 is 90.9 Å². The van der Waals surface area contributed by atoms with Crippen LogP contribution in [0.25, 0.3) is 90.9 Å². The summed E-state index contributed by atoms with van der Waals surface area (Å²) in [7, 11) is 20.1. The number of benzene rings is 4. The summed E-state index contributed by atoms with van der Waals surface area (Å²) < 4.78 is 28.2. The first-order valence-corrected chi connectivity index (χ1v) is 32.5. The summed E-state index contributed by atoms with van der Waals surface area (Å²) in [6, 6.07) is 42.9. The van der Waals surface area contributed by atoms with Crippen LogP contribution in [0.3, 0.4) is 0 Å². The Morgan fingerprint density at radius 1 is 0.289 bits per heavy atom. The molecular weight excluding hydrogens is 1460 g/mol. The summed E-state index contributed by atoms with van der Waals surface area (Å²) in [6.07, 6.45) is 26.4. The molecule has 0 radical (unpaired) electrons. The summed E-state index contributed by atoms with van der Waals surface area (Å²) in [5.41, 5.74) is 15.2. The zero-order chi connectivity index (χ0) is 61.2. The highest BCUT2D eigenvalue weighted by atomic mass is 127. The van der Waals surface area contributed by atoms with Gasteiger partial charge in [0.2, 0.25) is 0 Å². The third-order valence-electron chi connectivity index (χ3n) is 16.3. The van der Waals surface area contributed by atoms with Gasteiger partial charge in [-0.25, -0.2) is 9.97 Å². The lowest BCUT2D eigenvalue weighted by Gasteiger charge is -2.23. The highest BCUT2D eigenvalue weighted by molar-refractivity contribution is 6.00. The normalized spacial score (nSPS) is 12.1. The first kappa shape index (κ1) is 73.8. The number of fused-ring (bicyclic) bond motifs is 8. The zero-order valence-electron chi connectivity index (χ0n) is 55.4. The average Bonchev–Trinajstić information content (AvgIpc) is 2.50. The van der Waals surface area contributed by atoms with Crippen LogP contribution in [0.4, 0.5) is 0 Å². The molecule has 484 valence electrons. The van der Waals surface area contributed by atoms with Crippen molar-refractivity contribution in [2.24, 2.45) is 0 Å². The Kier molecular flexibility index (Phi) is 29.3. The summed E-state index contributed by atoms with van der Waals surface area (Å²) in [5, 5.41) is 0. The molecule has 0 saturated heterocycles. The fourth-order valence-electron chi connectivity index (χ4n) is 11.5. The number of hydrogen-bond acceptors (Lipinski definition) is 6. The van der Waals surface area contributed by atoms with Gasteiger partial charge >= 0.3 is 0 Å². The van der Waals surface area contributed by atoms with E-state index in [-0.39, 0.29) is 71.9 Å². The van der Waals surface area contributed by atoms with Gasteiger partial charge in [0.25, 0.3) is 0 Å². The van der Waals surface area contributed by atoms with Gasteiger partial charge in [0.15, 0.2) is 0 Å². The molecule has 5 heterocycles. The van der Waals surface area contributed by atoms with Gasteiger partial charge in [-0.2, -0.15) is 0 Å². The SMILES string of the molecule is CCCCCCCCCCCOc1ccc(-c2c3ccc([nH]3)c(-c3ccc(OCCCC[N+](C)(C)C)cc3)c3nc(c(-c4ccc(OCCCC[N+](C)(C)C)cc4)c4nc(c(-c5ccc(OCCCC[N+](C)(C)C)cc5)c5ccc2[nH]5)C=C4)C=C3)cc1.[I-].[I-].[I-]. The predicted molar refractivity (Wildman–Crippen MR) is 366 cm³/mol. The van der Waals surface area contributed by atoms with Gasteiger partial charge in [-0.05, 0) is 164 Å². The summed E-state index contributed by atoms with van der Waals surface area (Å²) in [4.78, 5) is 19.1. The summed E-state index contributed by atoms with van der Waals surface area (Å²) in [5.74, 6) is 3.43. The molecule has 4 aromatic carbocycles. The van der Waals surface area contributed by atoms with Gasteiger partial charge in [-0.1, -0.05) is 107 Å². The molecule has 11 nitrogen and oxygen atoms in total. The minimum Gasteiger partial charge on any atom is -1.00 e.